The standard InChI is InChI=1S/C14H19N3O2/c1-9(17(13(18)19)14(2,3)4)12-15-10-7-5-6-8-11(10)16-12/h5-9H,1-4H3,(H,15,16)(H,18,19). The van der Waals surface area contributed by atoms with Gasteiger partial charge < -0.3 is 10.1 Å². The number of hydrogen-bond donors (Lipinski definition) is 2. The van der Waals surface area contributed by atoms with Gasteiger partial charge >= 0.3 is 6.09 Å². The summed E-state index contributed by atoms with van der Waals surface area (Å²) < 4.78 is 0. The summed E-state index contributed by atoms with van der Waals surface area (Å²) in [7, 11) is 0. The largest absolute Gasteiger partial charge is 0.465 e. The van der Waals surface area contributed by atoms with Gasteiger partial charge in [-0.2, -0.15) is 0 Å². The summed E-state index contributed by atoms with van der Waals surface area (Å²) in [6, 6.07) is 7.35. The van der Waals surface area contributed by atoms with Gasteiger partial charge in [0.1, 0.15) is 5.82 Å². The second-order valence-electron chi connectivity index (χ2n) is 5.64. The third-order valence-corrected chi connectivity index (χ3v) is 3.12. The van der Waals surface area contributed by atoms with Crippen LogP contribution in [0.1, 0.15) is 39.6 Å². The van der Waals surface area contributed by atoms with Gasteiger partial charge in [0.2, 0.25) is 0 Å². The summed E-state index contributed by atoms with van der Waals surface area (Å²) in [6.07, 6.45) is -0.944. The van der Waals surface area contributed by atoms with Crippen LogP contribution in [0.5, 0.6) is 0 Å². The highest BCUT2D eigenvalue weighted by Gasteiger charge is 2.33. The summed E-state index contributed by atoms with van der Waals surface area (Å²) >= 11 is 0. The van der Waals surface area contributed by atoms with Gasteiger partial charge in [0, 0.05) is 5.54 Å². The van der Waals surface area contributed by atoms with Crippen molar-refractivity contribution in [3.63, 3.8) is 0 Å². The van der Waals surface area contributed by atoms with Crippen molar-refractivity contribution < 1.29 is 9.90 Å². The van der Waals surface area contributed by atoms with Gasteiger partial charge in [-0.25, -0.2) is 9.78 Å². The minimum Gasteiger partial charge on any atom is -0.465 e. The summed E-state index contributed by atoms with van der Waals surface area (Å²) in [5.41, 5.74) is 1.29. The lowest BCUT2D eigenvalue weighted by atomic mass is 10.0. The first kappa shape index (κ1) is 13.4. The van der Waals surface area contributed by atoms with Crippen molar-refractivity contribution >= 4 is 17.1 Å². The molecule has 5 heteroatoms. The van der Waals surface area contributed by atoms with Gasteiger partial charge in [-0.15, -0.1) is 0 Å². The van der Waals surface area contributed by atoms with E-state index in [0.29, 0.717) is 5.82 Å². The van der Waals surface area contributed by atoms with E-state index in [0.717, 1.165) is 11.0 Å². The van der Waals surface area contributed by atoms with E-state index in [-0.39, 0.29) is 6.04 Å². The quantitative estimate of drug-likeness (QED) is 0.870. The van der Waals surface area contributed by atoms with Crippen molar-refractivity contribution in [3.05, 3.63) is 30.1 Å². The van der Waals surface area contributed by atoms with Crippen molar-refractivity contribution in [2.45, 2.75) is 39.3 Å². The summed E-state index contributed by atoms with van der Waals surface area (Å²) in [5, 5.41) is 9.40. The second-order valence-corrected chi connectivity index (χ2v) is 5.64. The molecule has 0 bridgehead atoms. The summed E-state index contributed by atoms with van der Waals surface area (Å²) in [6.45, 7) is 7.47. The lowest BCUT2D eigenvalue weighted by molar-refractivity contribution is 0.0730. The molecule has 2 N–H and O–H groups in total. The molecule has 0 aliphatic heterocycles. The number of nitrogens with zero attached hydrogens (tertiary/aromatic N) is 2. The van der Waals surface area contributed by atoms with Crippen molar-refractivity contribution in [2.75, 3.05) is 0 Å². The molecule has 0 aliphatic rings. The van der Waals surface area contributed by atoms with Crippen LogP contribution in [0, 0.1) is 0 Å². The number of rotatable bonds is 2. The predicted octanol–water partition coefficient (Wildman–Crippen LogP) is 3.40. The molecular weight excluding hydrogens is 242 g/mol. The first-order valence-corrected chi connectivity index (χ1v) is 6.27. The number of aromatic amines is 1. The van der Waals surface area contributed by atoms with Gasteiger partial charge in [-0.3, -0.25) is 4.90 Å². The molecule has 0 fully saturated rings. The number of nitrogens with one attached hydrogen (secondary N) is 1. The van der Waals surface area contributed by atoms with Crippen LogP contribution in [0.25, 0.3) is 11.0 Å². The zero-order chi connectivity index (χ0) is 14.2. The van der Waals surface area contributed by atoms with Gasteiger partial charge in [-0.1, -0.05) is 12.1 Å². The molecule has 1 heterocycles. The van der Waals surface area contributed by atoms with Gasteiger partial charge in [0.25, 0.3) is 0 Å². The maximum atomic E-state index is 11.5. The third-order valence-electron chi connectivity index (χ3n) is 3.12. The molecule has 1 aromatic heterocycles. The Labute approximate surface area is 112 Å². The summed E-state index contributed by atoms with van der Waals surface area (Å²) in [4.78, 5) is 20.5. The number of imidazole rings is 1. The number of carboxylic acid groups (broad SMARTS) is 1. The molecule has 1 amide bonds. The minimum atomic E-state index is -0.944. The van der Waals surface area contributed by atoms with Crippen LogP contribution in [0.4, 0.5) is 4.79 Å². The normalized spacial score (nSPS) is 13.5. The van der Waals surface area contributed by atoms with E-state index in [1.165, 1.54) is 4.90 Å². The van der Waals surface area contributed by atoms with Crippen LogP contribution < -0.4 is 0 Å². The number of amides is 1. The van der Waals surface area contributed by atoms with E-state index in [1.807, 2.05) is 52.0 Å². The highest BCUT2D eigenvalue weighted by molar-refractivity contribution is 5.75. The van der Waals surface area contributed by atoms with Crippen LogP contribution in [0.2, 0.25) is 0 Å². The number of hydrogen-bond acceptors (Lipinski definition) is 2. The third kappa shape index (κ3) is 2.54. The first-order chi connectivity index (χ1) is 8.80. The number of para-hydroxylation sites is 2. The lowest BCUT2D eigenvalue weighted by Crippen LogP contribution is -2.46. The number of fused-ring (bicyclic) bond motifs is 1. The van der Waals surface area contributed by atoms with Crippen molar-refractivity contribution in [1.29, 1.82) is 0 Å². The van der Waals surface area contributed by atoms with Crippen LogP contribution in [-0.4, -0.2) is 31.6 Å². The topological polar surface area (TPSA) is 69.2 Å². The maximum absolute atomic E-state index is 11.5. The smallest absolute Gasteiger partial charge is 0.408 e. The molecule has 19 heavy (non-hydrogen) atoms. The molecule has 0 aliphatic carbocycles. The SMILES string of the molecule is CC(c1nc2ccccc2[nH]1)N(C(=O)O)C(C)(C)C. The first-order valence-electron chi connectivity index (χ1n) is 6.27. The zero-order valence-corrected chi connectivity index (χ0v) is 11.6. The van der Waals surface area contributed by atoms with Crippen LogP contribution >= 0.6 is 0 Å². The molecule has 5 nitrogen and oxygen atoms in total. The Hall–Kier alpha value is -2.04. The van der Waals surface area contributed by atoms with Crippen LogP contribution in [0.3, 0.4) is 0 Å². The van der Waals surface area contributed by atoms with Gasteiger partial charge in [0.05, 0.1) is 17.1 Å². The molecule has 0 saturated carbocycles. The minimum absolute atomic E-state index is 0.329. The molecule has 1 unspecified atom stereocenters. The monoisotopic (exact) mass is 261 g/mol. The summed E-state index contributed by atoms with van der Waals surface area (Å²) in [5.74, 6) is 0.665. The zero-order valence-electron chi connectivity index (χ0n) is 11.6. The highest BCUT2D eigenvalue weighted by Crippen LogP contribution is 2.27. The second kappa shape index (κ2) is 4.57. The van der Waals surface area contributed by atoms with E-state index >= 15 is 0 Å². The fourth-order valence-electron chi connectivity index (χ4n) is 2.33. The molecule has 1 atom stereocenters. The van der Waals surface area contributed by atoms with Gasteiger partial charge in [-0.05, 0) is 39.8 Å². The number of carbonyl (C=O) groups is 1. The van der Waals surface area contributed by atoms with E-state index in [4.69, 9.17) is 0 Å². The fraction of sp³-hybridized carbons (Fsp3) is 0.429. The molecule has 2 rings (SSSR count). The highest BCUT2D eigenvalue weighted by atomic mass is 16.4. The fourth-order valence-corrected chi connectivity index (χ4v) is 2.33. The molecule has 102 valence electrons. The molecule has 1 aromatic carbocycles. The number of benzene rings is 1. The predicted molar refractivity (Wildman–Crippen MR) is 74.1 cm³/mol. The van der Waals surface area contributed by atoms with E-state index < -0.39 is 11.6 Å². The van der Waals surface area contributed by atoms with Crippen molar-refractivity contribution in [3.8, 4) is 0 Å². The Morgan fingerprint density at radius 2 is 2.00 bits per heavy atom. The van der Waals surface area contributed by atoms with Crippen molar-refractivity contribution in [2.24, 2.45) is 0 Å². The average molecular weight is 261 g/mol. The molecule has 0 saturated heterocycles. The number of aromatic nitrogens is 2. The Morgan fingerprint density at radius 1 is 1.37 bits per heavy atom. The average Bonchev–Trinajstić information content (AvgIpc) is 2.69. The molecule has 0 radical (unpaired) electrons. The Morgan fingerprint density at radius 3 is 2.53 bits per heavy atom. The Bertz CT molecular complexity index is 565. The molecule has 2 aromatic rings. The van der Waals surface area contributed by atoms with Gasteiger partial charge in [0.15, 0.2) is 0 Å². The van der Waals surface area contributed by atoms with Crippen LogP contribution in [-0.2, 0) is 0 Å². The van der Waals surface area contributed by atoms with Crippen LogP contribution in [0.15, 0.2) is 24.3 Å². The molecular formula is C14H19N3O2. The maximum Gasteiger partial charge on any atom is 0.408 e. The number of H-pyrrole nitrogens is 1. The Kier molecular flexibility index (Phi) is 3.22. The Balaban J connectivity index is 2.41. The van der Waals surface area contributed by atoms with E-state index in [9.17, 15) is 9.90 Å². The lowest BCUT2D eigenvalue weighted by Gasteiger charge is -2.37. The van der Waals surface area contributed by atoms with E-state index in [2.05, 4.69) is 9.97 Å². The van der Waals surface area contributed by atoms with Crippen molar-refractivity contribution in [1.82, 2.24) is 14.9 Å². The molecule has 0 spiro atoms. The van der Waals surface area contributed by atoms with E-state index in [1.54, 1.807) is 0 Å².